The Morgan fingerprint density at radius 1 is 1.44 bits per heavy atom. The van der Waals surface area contributed by atoms with E-state index in [9.17, 15) is 14.3 Å². The summed E-state index contributed by atoms with van der Waals surface area (Å²) >= 11 is 0. The number of ether oxygens (including phenoxy) is 1. The predicted octanol–water partition coefficient (Wildman–Crippen LogP) is 2.88. The molecule has 5 heteroatoms. The minimum Gasteiger partial charge on any atom is -0.503 e. The van der Waals surface area contributed by atoms with Crippen molar-refractivity contribution in [2.75, 3.05) is 5.32 Å². The average Bonchev–Trinajstić information content (AvgIpc) is 2.09. The largest absolute Gasteiger partial charge is 0.503 e. The van der Waals surface area contributed by atoms with Crippen LogP contribution in [0.3, 0.4) is 0 Å². The van der Waals surface area contributed by atoms with Crippen molar-refractivity contribution < 1.29 is 19.0 Å². The summed E-state index contributed by atoms with van der Waals surface area (Å²) in [6.45, 7) is 5.12. The monoisotopic (exact) mass is 227 g/mol. The van der Waals surface area contributed by atoms with E-state index in [1.165, 1.54) is 12.1 Å². The van der Waals surface area contributed by atoms with Gasteiger partial charge < -0.3 is 9.84 Å². The lowest BCUT2D eigenvalue weighted by atomic mass is 10.2. The van der Waals surface area contributed by atoms with Crippen LogP contribution in [0.4, 0.5) is 14.9 Å². The molecule has 1 amide bonds. The minimum absolute atomic E-state index is 0.0192. The van der Waals surface area contributed by atoms with Gasteiger partial charge in [-0.2, -0.15) is 0 Å². The number of phenolic OH excluding ortho intramolecular Hbond substituents is 1. The van der Waals surface area contributed by atoms with E-state index in [2.05, 4.69) is 5.32 Å². The van der Waals surface area contributed by atoms with Crippen LogP contribution in [0.25, 0.3) is 0 Å². The van der Waals surface area contributed by atoms with Gasteiger partial charge in [-0.3, -0.25) is 5.32 Å². The number of hydrogen-bond acceptors (Lipinski definition) is 3. The standard InChI is InChI=1S/C11H14FNO3/c1-11(2,3)16-10(15)13-8-6-4-5-7(12)9(8)14/h4-6,14H,1-3H3,(H,13,15). The van der Waals surface area contributed by atoms with Crippen LogP contribution in [0.5, 0.6) is 5.75 Å². The minimum atomic E-state index is -0.798. The van der Waals surface area contributed by atoms with Gasteiger partial charge in [0.15, 0.2) is 11.6 Å². The van der Waals surface area contributed by atoms with Crippen molar-refractivity contribution in [3.8, 4) is 5.75 Å². The molecule has 1 rings (SSSR count). The zero-order valence-corrected chi connectivity index (χ0v) is 9.37. The number of carbonyl (C=O) groups is 1. The molecule has 2 N–H and O–H groups in total. The first-order valence-corrected chi connectivity index (χ1v) is 4.77. The fourth-order valence-corrected chi connectivity index (χ4v) is 1.03. The lowest BCUT2D eigenvalue weighted by Crippen LogP contribution is -2.27. The summed E-state index contributed by atoms with van der Waals surface area (Å²) in [4.78, 5) is 11.3. The maximum atomic E-state index is 12.9. The zero-order valence-electron chi connectivity index (χ0n) is 9.37. The number of amides is 1. The highest BCUT2D eigenvalue weighted by atomic mass is 19.1. The Labute approximate surface area is 93.0 Å². The molecule has 0 aromatic heterocycles. The second-order valence-corrected chi connectivity index (χ2v) is 4.26. The fourth-order valence-electron chi connectivity index (χ4n) is 1.03. The number of carbonyl (C=O) groups excluding carboxylic acids is 1. The summed E-state index contributed by atoms with van der Waals surface area (Å²) in [5.41, 5.74) is -0.665. The highest BCUT2D eigenvalue weighted by molar-refractivity contribution is 5.86. The molecule has 4 nitrogen and oxygen atoms in total. The van der Waals surface area contributed by atoms with Crippen molar-refractivity contribution in [3.05, 3.63) is 24.0 Å². The average molecular weight is 227 g/mol. The number of para-hydroxylation sites is 1. The van der Waals surface area contributed by atoms with Crippen LogP contribution in [0.1, 0.15) is 20.8 Å². The Hall–Kier alpha value is -1.78. The molecule has 0 saturated heterocycles. The molecule has 0 fully saturated rings. The SMILES string of the molecule is CC(C)(C)OC(=O)Nc1cccc(F)c1O. The van der Waals surface area contributed by atoms with Crippen LogP contribution in [0, 0.1) is 5.82 Å². The molecule has 0 atom stereocenters. The van der Waals surface area contributed by atoms with E-state index in [0.29, 0.717) is 0 Å². The highest BCUT2D eigenvalue weighted by Crippen LogP contribution is 2.26. The van der Waals surface area contributed by atoms with Crippen molar-refractivity contribution in [2.24, 2.45) is 0 Å². The number of aromatic hydroxyl groups is 1. The third-order valence-electron chi connectivity index (χ3n) is 1.62. The van der Waals surface area contributed by atoms with Gasteiger partial charge in [0.2, 0.25) is 0 Å². The maximum Gasteiger partial charge on any atom is 0.412 e. The second-order valence-electron chi connectivity index (χ2n) is 4.26. The smallest absolute Gasteiger partial charge is 0.412 e. The summed E-state index contributed by atoms with van der Waals surface area (Å²) in [7, 11) is 0. The van der Waals surface area contributed by atoms with Crippen molar-refractivity contribution >= 4 is 11.8 Å². The first-order chi connectivity index (χ1) is 7.29. The van der Waals surface area contributed by atoms with Crippen molar-refractivity contribution in [1.82, 2.24) is 0 Å². The van der Waals surface area contributed by atoms with Crippen LogP contribution in [-0.4, -0.2) is 16.8 Å². The summed E-state index contributed by atoms with van der Waals surface area (Å²) in [6, 6.07) is 3.85. The van der Waals surface area contributed by atoms with Gasteiger partial charge in [0.25, 0.3) is 0 Å². The van der Waals surface area contributed by atoms with Crippen LogP contribution in [-0.2, 0) is 4.74 Å². The third kappa shape index (κ3) is 3.42. The van der Waals surface area contributed by atoms with Crippen LogP contribution >= 0.6 is 0 Å². The molecule has 0 aliphatic carbocycles. The Kier molecular flexibility index (Phi) is 3.37. The Morgan fingerprint density at radius 2 is 2.06 bits per heavy atom. The quantitative estimate of drug-likeness (QED) is 0.725. The van der Waals surface area contributed by atoms with E-state index >= 15 is 0 Å². The number of hydrogen-bond donors (Lipinski definition) is 2. The van der Waals surface area contributed by atoms with E-state index < -0.39 is 23.3 Å². The van der Waals surface area contributed by atoms with E-state index in [1.54, 1.807) is 20.8 Å². The molecule has 1 aromatic carbocycles. The second kappa shape index (κ2) is 4.38. The van der Waals surface area contributed by atoms with Crippen LogP contribution in [0.2, 0.25) is 0 Å². The van der Waals surface area contributed by atoms with Crippen LogP contribution < -0.4 is 5.32 Å². The van der Waals surface area contributed by atoms with Gasteiger partial charge in [0.05, 0.1) is 5.69 Å². The van der Waals surface area contributed by atoms with Crippen molar-refractivity contribution in [3.63, 3.8) is 0 Å². The molecular formula is C11H14FNO3. The number of benzene rings is 1. The first kappa shape index (κ1) is 12.3. The first-order valence-electron chi connectivity index (χ1n) is 4.77. The molecule has 0 radical (unpaired) electrons. The molecule has 0 bridgehead atoms. The lowest BCUT2D eigenvalue weighted by Gasteiger charge is -2.19. The van der Waals surface area contributed by atoms with Gasteiger partial charge in [0.1, 0.15) is 5.60 Å². The molecule has 0 saturated carbocycles. The van der Waals surface area contributed by atoms with Crippen molar-refractivity contribution in [1.29, 1.82) is 0 Å². The highest BCUT2D eigenvalue weighted by Gasteiger charge is 2.17. The van der Waals surface area contributed by atoms with E-state index in [4.69, 9.17) is 4.74 Å². The number of rotatable bonds is 1. The lowest BCUT2D eigenvalue weighted by molar-refractivity contribution is 0.0635. The topological polar surface area (TPSA) is 58.6 Å². The molecule has 16 heavy (non-hydrogen) atoms. The van der Waals surface area contributed by atoms with E-state index in [1.807, 2.05) is 0 Å². The summed E-state index contributed by atoms with van der Waals surface area (Å²) in [5, 5.41) is 11.6. The third-order valence-corrected chi connectivity index (χ3v) is 1.62. The fraction of sp³-hybridized carbons (Fsp3) is 0.364. The summed E-state index contributed by atoms with van der Waals surface area (Å²) in [5.74, 6) is -1.40. The van der Waals surface area contributed by atoms with E-state index in [-0.39, 0.29) is 5.69 Å². The van der Waals surface area contributed by atoms with Gasteiger partial charge in [-0.15, -0.1) is 0 Å². The van der Waals surface area contributed by atoms with Gasteiger partial charge in [-0.05, 0) is 32.9 Å². The van der Waals surface area contributed by atoms with Gasteiger partial charge in [0, 0.05) is 0 Å². The molecule has 1 aromatic rings. The van der Waals surface area contributed by atoms with E-state index in [0.717, 1.165) is 6.07 Å². The number of anilines is 1. The van der Waals surface area contributed by atoms with Gasteiger partial charge in [-0.1, -0.05) is 6.07 Å². The molecule has 0 aliphatic rings. The molecule has 0 aliphatic heterocycles. The summed E-state index contributed by atoms with van der Waals surface area (Å²) in [6.07, 6.45) is -0.742. The number of nitrogens with one attached hydrogen (secondary N) is 1. The molecule has 88 valence electrons. The van der Waals surface area contributed by atoms with Crippen molar-refractivity contribution in [2.45, 2.75) is 26.4 Å². The van der Waals surface area contributed by atoms with Crippen LogP contribution in [0.15, 0.2) is 18.2 Å². The predicted molar refractivity (Wildman–Crippen MR) is 57.9 cm³/mol. The summed E-state index contributed by atoms with van der Waals surface area (Å²) < 4.78 is 17.9. The Morgan fingerprint density at radius 3 is 2.62 bits per heavy atom. The maximum absolute atomic E-state index is 12.9. The Balaban J connectivity index is 2.74. The van der Waals surface area contributed by atoms with Gasteiger partial charge >= 0.3 is 6.09 Å². The molecule has 0 spiro atoms. The Bertz CT molecular complexity index is 399. The molecule has 0 unspecified atom stereocenters. The molecular weight excluding hydrogens is 213 g/mol. The number of phenols is 1. The van der Waals surface area contributed by atoms with Gasteiger partial charge in [-0.25, -0.2) is 9.18 Å². The number of halogens is 1. The normalized spacial score (nSPS) is 11.0. The zero-order chi connectivity index (χ0) is 12.3. The molecule has 0 heterocycles.